The molecule has 27 heavy (non-hydrogen) atoms. The van der Waals surface area contributed by atoms with Crippen molar-refractivity contribution >= 4 is 50.0 Å². The maximum atomic E-state index is 13.0. The number of fused-ring (bicyclic) bond motifs is 1. The van der Waals surface area contributed by atoms with E-state index in [1.807, 2.05) is 0 Å². The Morgan fingerprint density at radius 1 is 1.04 bits per heavy atom. The minimum atomic E-state index is -4.16. The number of Topliss-reactive ketones (excluding diaryl/α,β-unsaturated/α-hetero) is 1. The van der Waals surface area contributed by atoms with Crippen molar-refractivity contribution in [2.24, 2.45) is 0 Å². The number of hydrogen-bond acceptors (Lipinski definition) is 5. The first kappa shape index (κ1) is 19.1. The van der Waals surface area contributed by atoms with E-state index in [0.717, 1.165) is 6.92 Å². The number of hydrogen-bond donors (Lipinski definition) is 0. The van der Waals surface area contributed by atoms with Crippen molar-refractivity contribution in [2.45, 2.75) is 25.7 Å². The Labute approximate surface area is 161 Å². The zero-order valence-electron chi connectivity index (χ0n) is 14.8. The predicted octanol–water partition coefficient (Wildman–Crippen LogP) is 4.34. The number of benzene rings is 2. The second-order valence-corrected chi connectivity index (χ2v) is 8.24. The molecule has 0 saturated heterocycles. The number of anilines is 1. The molecule has 1 heterocycles. The molecule has 0 aliphatic carbocycles. The Balaban J connectivity index is 2.21. The molecule has 0 fully saturated rings. The molecule has 0 radical (unpaired) electrons. The number of carbonyl (C=O) groups excluding carboxylic acids is 2. The molecule has 2 aromatic carbocycles. The molecule has 3 rings (SSSR count). The van der Waals surface area contributed by atoms with Gasteiger partial charge in [-0.2, -0.15) is 0 Å². The fourth-order valence-electron chi connectivity index (χ4n) is 2.97. The third-order valence-electron chi connectivity index (χ3n) is 4.07. The van der Waals surface area contributed by atoms with Crippen molar-refractivity contribution in [3.05, 3.63) is 58.8 Å². The van der Waals surface area contributed by atoms with Crippen molar-refractivity contribution in [3.63, 3.8) is 0 Å². The van der Waals surface area contributed by atoms with Gasteiger partial charge in [0.25, 0.3) is 10.0 Å². The van der Waals surface area contributed by atoms with Gasteiger partial charge in [0.1, 0.15) is 11.3 Å². The number of sulfonamides is 1. The highest BCUT2D eigenvalue weighted by molar-refractivity contribution is 7.93. The number of aryl methyl sites for hydroxylation is 1. The zero-order chi connectivity index (χ0) is 19.9. The summed E-state index contributed by atoms with van der Waals surface area (Å²) >= 11 is 5.82. The van der Waals surface area contributed by atoms with Crippen LogP contribution in [-0.2, 0) is 14.8 Å². The van der Waals surface area contributed by atoms with E-state index in [4.69, 9.17) is 16.0 Å². The summed E-state index contributed by atoms with van der Waals surface area (Å²) in [4.78, 5) is 24.1. The molecule has 6 nitrogen and oxygen atoms in total. The van der Waals surface area contributed by atoms with E-state index in [2.05, 4.69) is 0 Å². The van der Waals surface area contributed by atoms with E-state index >= 15 is 0 Å². The van der Waals surface area contributed by atoms with Gasteiger partial charge in [-0.05, 0) is 56.3 Å². The summed E-state index contributed by atoms with van der Waals surface area (Å²) in [7, 11) is -4.16. The van der Waals surface area contributed by atoms with Crippen molar-refractivity contribution < 1.29 is 22.4 Å². The van der Waals surface area contributed by atoms with Gasteiger partial charge >= 0.3 is 0 Å². The summed E-state index contributed by atoms with van der Waals surface area (Å²) < 4.78 is 32.3. The Morgan fingerprint density at radius 3 is 2.22 bits per heavy atom. The first-order valence-electron chi connectivity index (χ1n) is 7.98. The number of ketones is 1. The van der Waals surface area contributed by atoms with Crippen molar-refractivity contribution in [3.8, 4) is 0 Å². The molecule has 140 valence electrons. The van der Waals surface area contributed by atoms with Crippen molar-refractivity contribution in [1.29, 1.82) is 0 Å². The number of rotatable bonds is 4. The molecule has 8 heteroatoms. The van der Waals surface area contributed by atoms with Gasteiger partial charge in [0.15, 0.2) is 5.78 Å². The first-order chi connectivity index (χ1) is 12.6. The van der Waals surface area contributed by atoms with Crippen LogP contribution in [0.4, 0.5) is 5.69 Å². The molecule has 0 bridgehead atoms. The molecular formula is C19H16ClNO5S. The molecular weight excluding hydrogens is 390 g/mol. The minimum absolute atomic E-state index is 0.0719. The van der Waals surface area contributed by atoms with Crippen LogP contribution < -0.4 is 4.31 Å². The summed E-state index contributed by atoms with van der Waals surface area (Å²) in [6.07, 6.45) is 0. The Hall–Kier alpha value is -2.64. The Morgan fingerprint density at radius 2 is 1.67 bits per heavy atom. The quantitative estimate of drug-likeness (QED) is 0.603. The van der Waals surface area contributed by atoms with Crippen molar-refractivity contribution in [2.75, 3.05) is 4.31 Å². The van der Waals surface area contributed by atoms with E-state index in [1.165, 1.54) is 49.4 Å². The molecule has 3 aromatic rings. The van der Waals surface area contributed by atoms with Crippen LogP contribution in [0.2, 0.25) is 5.02 Å². The third-order valence-corrected chi connectivity index (χ3v) is 6.14. The number of amides is 1. The highest BCUT2D eigenvalue weighted by Gasteiger charge is 2.29. The minimum Gasteiger partial charge on any atom is -0.461 e. The van der Waals surface area contributed by atoms with E-state index in [1.54, 1.807) is 6.92 Å². The Bertz CT molecular complexity index is 1160. The largest absolute Gasteiger partial charge is 0.461 e. The second kappa shape index (κ2) is 6.83. The SMILES string of the molecule is CC(=O)c1c(C)oc2ccc(N(C(C)=O)S(=O)(=O)c3ccc(Cl)cc3)cc12. The normalized spacial score (nSPS) is 11.6. The van der Waals surface area contributed by atoms with Crippen molar-refractivity contribution in [1.82, 2.24) is 0 Å². The molecule has 1 amide bonds. The molecule has 0 saturated carbocycles. The van der Waals surface area contributed by atoms with Gasteiger partial charge < -0.3 is 4.42 Å². The number of nitrogens with zero attached hydrogens (tertiary/aromatic N) is 1. The molecule has 1 aromatic heterocycles. The predicted molar refractivity (Wildman–Crippen MR) is 103 cm³/mol. The number of halogens is 1. The van der Waals surface area contributed by atoms with Gasteiger partial charge in [0, 0.05) is 17.3 Å². The lowest BCUT2D eigenvalue weighted by atomic mass is 10.1. The number of furan rings is 1. The summed E-state index contributed by atoms with van der Waals surface area (Å²) in [5.41, 5.74) is 0.918. The van der Waals surface area contributed by atoms with Gasteiger partial charge in [-0.25, -0.2) is 12.7 Å². The molecule has 0 atom stereocenters. The van der Waals surface area contributed by atoms with Crippen LogP contribution >= 0.6 is 11.6 Å². The molecule has 0 N–H and O–H groups in total. The molecule has 0 aliphatic heterocycles. The van der Waals surface area contributed by atoms with Crippen LogP contribution in [0.3, 0.4) is 0 Å². The maximum absolute atomic E-state index is 13.0. The van der Waals surface area contributed by atoms with Gasteiger partial charge in [-0.1, -0.05) is 11.6 Å². The smallest absolute Gasteiger partial charge is 0.270 e. The average Bonchev–Trinajstić information content (AvgIpc) is 2.90. The van der Waals surface area contributed by atoms with E-state index in [-0.39, 0.29) is 16.4 Å². The monoisotopic (exact) mass is 405 g/mol. The van der Waals surface area contributed by atoms with Crippen LogP contribution in [0.5, 0.6) is 0 Å². The lowest BCUT2D eigenvalue weighted by molar-refractivity contribution is -0.115. The van der Waals surface area contributed by atoms with Crippen LogP contribution in [-0.4, -0.2) is 20.1 Å². The number of carbonyl (C=O) groups is 2. The highest BCUT2D eigenvalue weighted by atomic mass is 35.5. The summed E-state index contributed by atoms with van der Waals surface area (Å²) in [6.45, 7) is 4.21. The van der Waals surface area contributed by atoms with Crippen LogP contribution in [0.1, 0.15) is 30.0 Å². The molecule has 0 unspecified atom stereocenters. The highest BCUT2D eigenvalue weighted by Crippen LogP contribution is 2.32. The zero-order valence-corrected chi connectivity index (χ0v) is 16.4. The van der Waals surface area contributed by atoms with E-state index in [9.17, 15) is 18.0 Å². The second-order valence-electron chi connectivity index (χ2n) is 6.01. The lowest BCUT2D eigenvalue weighted by Crippen LogP contribution is -2.35. The average molecular weight is 406 g/mol. The van der Waals surface area contributed by atoms with E-state index < -0.39 is 15.9 Å². The lowest BCUT2D eigenvalue weighted by Gasteiger charge is -2.21. The standard InChI is InChI=1S/C19H16ClNO5S/c1-11(22)19-12(2)26-18-9-6-15(10-17(18)19)21(13(3)23)27(24,25)16-7-4-14(20)5-8-16/h4-10H,1-3H3. The van der Waals surface area contributed by atoms with Gasteiger partial charge in [-0.15, -0.1) is 0 Å². The van der Waals surface area contributed by atoms with Crippen LogP contribution in [0.25, 0.3) is 11.0 Å². The summed E-state index contributed by atoms with van der Waals surface area (Å²) in [5, 5.41) is 0.833. The van der Waals surface area contributed by atoms with Crippen LogP contribution in [0, 0.1) is 6.92 Å². The summed E-state index contributed by atoms with van der Waals surface area (Å²) in [6, 6.07) is 10.00. The fraction of sp³-hybridized carbons (Fsp3) is 0.158. The topological polar surface area (TPSA) is 84.7 Å². The summed E-state index contributed by atoms with van der Waals surface area (Å²) in [5.74, 6) is -0.461. The van der Waals surface area contributed by atoms with Gasteiger partial charge in [-0.3, -0.25) is 9.59 Å². The van der Waals surface area contributed by atoms with E-state index in [0.29, 0.717) is 31.6 Å². The van der Waals surface area contributed by atoms with Gasteiger partial charge in [0.05, 0.1) is 16.1 Å². The van der Waals surface area contributed by atoms with Gasteiger partial charge in [0.2, 0.25) is 5.91 Å². The van der Waals surface area contributed by atoms with Crippen LogP contribution in [0.15, 0.2) is 51.8 Å². The maximum Gasteiger partial charge on any atom is 0.270 e. The molecule has 0 spiro atoms. The molecule has 0 aliphatic rings. The fourth-order valence-corrected chi connectivity index (χ4v) is 4.52. The Kier molecular flexibility index (Phi) is 4.84. The first-order valence-corrected chi connectivity index (χ1v) is 9.80. The third kappa shape index (κ3) is 3.36.